The largest absolute Gasteiger partial charge is 0.325 e. The maximum Gasteiger partial charge on any atom is 0.267 e. The second kappa shape index (κ2) is 9.92. The van der Waals surface area contributed by atoms with Crippen LogP contribution in [0, 0.1) is 0 Å². The third-order valence-corrected chi connectivity index (χ3v) is 8.15. The molecule has 0 saturated carbocycles. The molecule has 2 aromatic carbocycles. The Morgan fingerprint density at radius 1 is 1.18 bits per heavy atom. The number of nitrogens with one attached hydrogen (secondary N) is 1. The zero-order valence-electron chi connectivity index (χ0n) is 18.6. The number of aromatic nitrogens is 2. The van der Waals surface area contributed by atoms with Crippen molar-refractivity contribution in [1.82, 2.24) is 14.5 Å². The van der Waals surface area contributed by atoms with Crippen molar-refractivity contribution in [3.63, 3.8) is 0 Å². The molecule has 5 rings (SSSR count). The molecule has 0 atom stereocenters. The SMILES string of the molecule is CCN1CCc2c(sc3nc(SCC(=O)Nc4ccc(Cl)cc4)n(-c4ccccc4)c(=O)c23)C1. The van der Waals surface area contributed by atoms with Gasteiger partial charge in [-0.05, 0) is 54.9 Å². The lowest BCUT2D eigenvalue weighted by atomic mass is 10.1. The lowest BCUT2D eigenvalue weighted by Gasteiger charge is -2.25. The van der Waals surface area contributed by atoms with Gasteiger partial charge in [-0.15, -0.1) is 11.3 Å². The standard InChI is InChI=1S/C25H23ClN4O2S2/c1-2-29-13-12-19-20(14-29)34-23-22(19)24(32)30(18-6-4-3-5-7-18)25(28-23)33-15-21(31)27-17-10-8-16(26)9-11-17/h3-11H,2,12-15H2,1H3,(H,27,31). The summed E-state index contributed by atoms with van der Waals surface area (Å²) in [6.07, 6.45) is 0.852. The first-order chi connectivity index (χ1) is 16.5. The summed E-state index contributed by atoms with van der Waals surface area (Å²) in [7, 11) is 0. The first-order valence-corrected chi connectivity index (χ1v) is 13.2. The van der Waals surface area contributed by atoms with Crippen molar-refractivity contribution < 1.29 is 4.79 Å². The number of carbonyl (C=O) groups is 1. The zero-order chi connectivity index (χ0) is 23.7. The van der Waals surface area contributed by atoms with E-state index in [2.05, 4.69) is 17.1 Å². The summed E-state index contributed by atoms with van der Waals surface area (Å²) in [6.45, 7) is 4.94. The van der Waals surface area contributed by atoms with Crippen LogP contribution in [0.3, 0.4) is 0 Å². The molecule has 0 saturated heterocycles. The van der Waals surface area contributed by atoms with Gasteiger partial charge in [0.2, 0.25) is 5.91 Å². The molecule has 0 fully saturated rings. The van der Waals surface area contributed by atoms with Crippen LogP contribution in [0.4, 0.5) is 5.69 Å². The maximum atomic E-state index is 13.8. The first kappa shape index (κ1) is 23.1. The molecule has 4 aromatic rings. The summed E-state index contributed by atoms with van der Waals surface area (Å²) >= 11 is 8.78. The van der Waals surface area contributed by atoms with E-state index < -0.39 is 0 Å². The van der Waals surface area contributed by atoms with Gasteiger partial charge in [0.25, 0.3) is 5.56 Å². The number of benzene rings is 2. The highest BCUT2D eigenvalue weighted by molar-refractivity contribution is 7.99. The molecule has 0 spiro atoms. The van der Waals surface area contributed by atoms with Crippen LogP contribution in [0.25, 0.3) is 15.9 Å². The number of hydrogen-bond donors (Lipinski definition) is 1. The third-order valence-electron chi connectivity index (χ3n) is 5.84. The number of thiophene rings is 1. The van der Waals surface area contributed by atoms with Crippen molar-refractivity contribution >= 4 is 56.5 Å². The van der Waals surface area contributed by atoms with Crippen molar-refractivity contribution in [3.8, 4) is 5.69 Å². The molecule has 0 aliphatic carbocycles. The van der Waals surface area contributed by atoms with E-state index in [1.165, 1.54) is 16.6 Å². The van der Waals surface area contributed by atoms with Crippen molar-refractivity contribution in [3.05, 3.63) is 80.4 Å². The fourth-order valence-corrected chi connectivity index (χ4v) is 6.35. The number of amides is 1. The molecule has 6 nitrogen and oxygen atoms in total. The van der Waals surface area contributed by atoms with Crippen LogP contribution in [-0.4, -0.2) is 39.2 Å². The van der Waals surface area contributed by atoms with Crippen molar-refractivity contribution in [2.45, 2.75) is 25.0 Å². The van der Waals surface area contributed by atoms with E-state index >= 15 is 0 Å². The predicted octanol–water partition coefficient (Wildman–Crippen LogP) is 5.21. The number of fused-ring (bicyclic) bond motifs is 3. The summed E-state index contributed by atoms with van der Waals surface area (Å²) in [6, 6.07) is 16.5. The molecule has 1 N–H and O–H groups in total. The van der Waals surface area contributed by atoms with Crippen molar-refractivity contribution in [2.24, 2.45) is 0 Å². The third kappa shape index (κ3) is 4.63. The van der Waals surface area contributed by atoms with Gasteiger partial charge in [-0.1, -0.05) is 48.5 Å². The Kier molecular flexibility index (Phi) is 6.74. The Morgan fingerprint density at radius 3 is 2.68 bits per heavy atom. The van der Waals surface area contributed by atoms with E-state index in [1.54, 1.807) is 40.2 Å². The lowest BCUT2D eigenvalue weighted by molar-refractivity contribution is -0.113. The minimum absolute atomic E-state index is 0.0701. The Bertz CT molecular complexity index is 1400. The van der Waals surface area contributed by atoms with Gasteiger partial charge >= 0.3 is 0 Å². The second-order valence-electron chi connectivity index (χ2n) is 8.02. The number of thioether (sulfide) groups is 1. The van der Waals surface area contributed by atoms with Gasteiger partial charge in [0.15, 0.2) is 5.16 Å². The quantitative estimate of drug-likeness (QED) is 0.285. The smallest absolute Gasteiger partial charge is 0.267 e. The minimum atomic E-state index is -0.176. The number of halogens is 1. The molecule has 2 aromatic heterocycles. The fourth-order valence-electron chi connectivity index (χ4n) is 4.11. The number of para-hydroxylation sites is 1. The van der Waals surface area contributed by atoms with Crippen molar-refractivity contribution in [2.75, 3.05) is 24.2 Å². The van der Waals surface area contributed by atoms with Crippen LogP contribution >= 0.6 is 34.7 Å². The highest BCUT2D eigenvalue weighted by atomic mass is 35.5. The van der Waals surface area contributed by atoms with Crippen molar-refractivity contribution in [1.29, 1.82) is 0 Å². The van der Waals surface area contributed by atoms with E-state index in [1.807, 2.05) is 30.3 Å². The van der Waals surface area contributed by atoms with Gasteiger partial charge in [0.1, 0.15) is 4.83 Å². The van der Waals surface area contributed by atoms with Gasteiger partial charge < -0.3 is 5.32 Å². The Morgan fingerprint density at radius 2 is 1.94 bits per heavy atom. The van der Waals surface area contributed by atoms with E-state index in [0.717, 1.165) is 47.5 Å². The topological polar surface area (TPSA) is 67.2 Å². The number of nitrogens with zero attached hydrogens (tertiary/aromatic N) is 3. The molecule has 1 amide bonds. The summed E-state index contributed by atoms with van der Waals surface area (Å²) in [5.74, 6) is -0.0485. The monoisotopic (exact) mass is 510 g/mol. The number of rotatable bonds is 6. The van der Waals surface area contributed by atoms with Gasteiger partial charge in [0.05, 0.1) is 16.8 Å². The van der Waals surface area contributed by atoms with Gasteiger partial charge in [-0.25, -0.2) is 4.98 Å². The normalized spacial score (nSPS) is 13.7. The molecule has 3 heterocycles. The highest BCUT2D eigenvalue weighted by Gasteiger charge is 2.25. The van der Waals surface area contributed by atoms with E-state index in [4.69, 9.17) is 16.6 Å². The highest BCUT2D eigenvalue weighted by Crippen LogP contribution is 2.34. The molecular formula is C25H23ClN4O2S2. The first-order valence-electron chi connectivity index (χ1n) is 11.1. The molecule has 174 valence electrons. The average molecular weight is 511 g/mol. The van der Waals surface area contributed by atoms with Crippen LogP contribution in [0.2, 0.25) is 5.02 Å². The van der Waals surface area contributed by atoms with Crippen LogP contribution < -0.4 is 10.9 Å². The van der Waals surface area contributed by atoms with Crippen LogP contribution in [0.1, 0.15) is 17.4 Å². The maximum absolute atomic E-state index is 13.8. The van der Waals surface area contributed by atoms with Crippen LogP contribution in [0.15, 0.2) is 64.5 Å². The number of hydrogen-bond acceptors (Lipinski definition) is 6. The van der Waals surface area contributed by atoms with E-state index in [9.17, 15) is 9.59 Å². The molecule has 34 heavy (non-hydrogen) atoms. The zero-order valence-corrected chi connectivity index (χ0v) is 21.0. The van der Waals surface area contributed by atoms with E-state index in [0.29, 0.717) is 15.9 Å². The summed E-state index contributed by atoms with van der Waals surface area (Å²) in [5, 5.41) is 4.71. The summed E-state index contributed by atoms with van der Waals surface area (Å²) < 4.78 is 1.64. The van der Waals surface area contributed by atoms with E-state index in [-0.39, 0.29) is 17.2 Å². The number of anilines is 1. The van der Waals surface area contributed by atoms with Gasteiger partial charge in [0, 0.05) is 28.7 Å². The summed E-state index contributed by atoms with van der Waals surface area (Å²) in [4.78, 5) is 35.6. The number of carbonyl (C=O) groups excluding carboxylic acids is 1. The molecule has 0 bridgehead atoms. The second-order valence-corrected chi connectivity index (χ2v) is 10.5. The van der Waals surface area contributed by atoms with Gasteiger partial charge in [-0.2, -0.15) is 0 Å². The van der Waals surface area contributed by atoms with Crippen LogP contribution in [0.5, 0.6) is 0 Å². The molecule has 9 heteroatoms. The van der Waals surface area contributed by atoms with Gasteiger partial charge in [-0.3, -0.25) is 19.1 Å². The molecule has 0 unspecified atom stereocenters. The predicted molar refractivity (Wildman–Crippen MR) is 141 cm³/mol. The Hall–Kier alpha value is -2.65. The molecule has 0 radical (unpaired) electrons. The average Bonchev–Trinajstić information content (AvgIpc) is 3.22. The van der Waals surface area contributed by atoms with Crippen LogP contribution in [-0.2, 0) is 17.8 Å². The summed E-state index contributed by atoms with van der Waals surface area (Å²) in [5.41, 5.74) is 2.47. The fraction of sp³-hybridized carbons (Fsp3) is 0.240. The molecule has 1 aliphatic rings. The Balaban J connectivity index is 1.50. The number of likely N-dealkylation sites (N-methyl/N-ethyl adjacent to an activating group) is 1. The molecular weight excluding hydrogens is 488 g/mol. The minimum Gasteiger partial charge on any atom is -0.325 e. The lowest BCUT2D eigenvalue weighted by Crippen LogP contribution is -2.30. The molecule has 1 aliphatic heterocycles. The Labute approximate surface area is 210 Å².